The number of unbranched alkanes of at least 4 members (excludes halogenated alkanes) is 1. The lowest BCUT2D eigenvalue weighted by atomic mass is 9.92. The minimum absolute atomic E-state index is 0.0561. The molecule has 0 aliphatic rings. The average molecular weight is 623 g/mol. The molecule has 2 aromatic rings. The third-order valence-corrected chi connectivity index (χ3v) is 5.76. The first-order valence-corrected chi connectivity index (χ1v) is 10.9. The number of hydrogen-bond donors (Lipinski definition) is 3. The highest BCUT2D eigenvalue weighted by molar-refractivity contribution is 14.1. The normalized spacial score (nSPS) is 10.6. The van der Waals surface area contributed by atoms with Crippen LogP contribution in [-0.2, 0) is 11.2 Å². The number of nitrogens with two attached hydrogens (primary N) is 1. The van der Waals surface area contributed by atoms with Crippen LogP contribution in [0.5, 0.6) is 11.5 Å². The Balaban J connectivity index is 2.54. The molecule has 0 spiro atoms. The summed E-state index contributed by atoms with van der Waals surface area (Å²) in [6, 6.07) is 6.18. The second kappa shape index (κ2) is 10.2. The maximum atomic E-state index is 13.3. The van der Waals surface area contributed by atoms with Gasteiger partial charge in [0.05, 0.1) is 18.3 Å². The number of rotatable bonds is 9. The molecular weight excluding hydrogens is 604 g/mol. The van der Waals surface area contributed by atoms with E-state index in [2.05, 4.69) is 0 Å². The summed E-state index contributed by atoms with van der Waals surface area (Å²) >= 11 is 3.91. The van der Waals surface area contributed by atoms with Gasteiger partial charge in [0.2, 0.25) is 0 Å². The molecule has 0 bridgehead atoms. The topological polar surface area (TPSA) is 127 Å². The second-order valence-electron chi connectivity index (χ2n) is 6.24. The average Bonchev–Trinajstić information content (AvgIpc) is 2.64. The van der Waals surface area contributed by atoms with E-state index in [1.807, 2.05) is 52.1 Å². The summed E-state index contributed by atoms with van der Waals surface area (Å²) in [5, 5.41) is 19.4. The summed E-state index contributed by atoms with van der Waals surface area (Å²) in [6.45, 7) is 1.52. The molecule has 29 heavy (non-hydrogen) atoms. The maximum absolute atomic E-state index is 13.3. The molecule has 154 valence electrons. The number of aromatic hydroxyl groups is 1. The van der Waals surface area contributed by atoms with Crippen LogP contribution in [0.3, 0.4) is 0 Å². The lowest BCUT2D eigenvalue weighted by Crippen LogP contribution is -2.15. The number of aliphatic carboxylic acids is 1. The van der Waals surface area contributed by atoms with Crippen molar-refractivity contribution in [2.24, 2.45) is 5.73 Å². The molecule has 1 amide bonds. The maximum Gasteiger partial charge on any atom is 0.341 e. The van der Waals surface area contributed by atoms with Gasteiger partial charge in [-0.25, -0.2) is 4.79 Å². The molecule has 7 nitrogen and oxygen atoms in total. The number of ketones is 1. The van der Waals surface area contributed by atoms with Crippen molar-refractivity contribution < 1.29 is 29.3 Å². The number of carbonyl (C=O) groups is 3. The number of aryl methyl sites for hydroxylation is 1. The Morgan fingerprint density at radius 1 is 1.14 bits per heavy atom. The number of phenols is 1. The molecule has 0 saturated carbocycles. The first-order valence-electron chi connectivity index (χ1n) is 8.70. The summed E-state index contributed by atoms with van der Waals surface area (Å²) in [5.74, 6) is -2.43. The van der Waals surface area contributed by atoms with E-state index in [0.29, 0.717) is 24.9 Å². The number of carboxylic acids is 1. The van der Waals surface area contributed by atoms with Gasteiger partial charge in [-0.15, -0.1) is 0 Å². The van der Waals surface area contributed by atoms with Crippen molar-refractivity contribution in [2.75, 3.05) is 6.61 Å². The zero-order valence-electron chi connectivity index (χ0n) is 15.5. The van der Waals surface area contributed by atoms with Crippen molar-refractivity contribution in [3.05, 3.63) is 53.7 Å². The highest BCUT2D eigenvalue weighted by atomic mass is 127. The first-order chi connectivity index (χ1) is 13.7. The monoisotopic (exact) mass is 623 g/mol. The summed E-state index contributed by atoms with van der Waals surface area (Å²) in [5.41, 5.74) is 6.19. The van der Waals surface area contributed by atoms with Crippen molar-refractivity contribution in [1.82, 2.24) is 0 Å². The molecule has 2 aromatic carbocycles. The molecule has 0 aromatic heterocycles. The van der Waals surface area contributed by atoms with E-state index in [1.54, 1.807) is 18.2 Å². The zero-order chi connectivity index (χ0) is 21.7. The van der Waals surface area contributed by atoms with Gasteiger partial charge in [0.25, 0.3) is 5.91 Å². The van der Waals surface area contributed by atoms with Crippen LogP contribution in [-0.4, -0.2) is 34.5 Å². The Hall–Kier alpha value is -1.89. The Morgan fingerprint density at radius 3 is 2.28 bits per heavy atom. The molecule has 0 radical (unpaired) electrons. The molecular formula is C20H19I2NO6. The van der Waals surface area contributed by atoms with E-state index in [4.69, 9.17) is 15.6 Å². The lowest BCUT2D eigenvalue weighted by Gasteiger charge is -2.15. The van der Waals surface area contributed by atoms with Crippen LogP contribution in [0.2, 0.25) is 0 Å². The van der Waals surface area contributed by atoms with Gasteiger partial charge in [0.15, 0.2) is 12.4 Å². The Labute approximate surface area is 194 Å². The fourth-order valence-corrected chi connectivity index (χ4v) is 4.85. The molecule has 0 aliphatic heterocycles. The number of carbonyl (C=O) groups excluding carboxylic acids is 2. The number of amides is 1. The van der Waals surface area contributed by atoms with Crippen molar-refractivity contribution in [3.63, 3.8) is 0 Å². The molecule has 4 N–H and O–H groups in total. The van der Waals surface area contributed by atoms with Gasteiger partial charge in [-0.3, -0.25) is 9.59 Å². The van der Waals surface area contributed by atoms with Crippen LogP contribution in [0, 0.1) is 7.14 Å². The van der Waals surface area contributed by atoms with Crippen LogP contribution >= 0.6 is 45.2 Å². The smallest absolute Gasteiger partial charge is 0.341 e. The van der Waals surface area contributed by atoms with Crippen molar-refractivity contribution >= 4 is 62.8 Å². The fraction of sp³-hybridized carbons (Fsp3) is 0.250. The second-order valence-corrected chi connectivity index (χ2v) is 8.57. The molecule has 0 heterocycles. The first kappa shape index (κ1) is 23.4. The molecule has 9 heteroatoms. The predicted molar refractivity (Wildman–Crippen MR) is 124 cm³/mol. The molecule has 0 aliphatic carbocycles. The Morgan fingerprint density at radius 2 is 1.76 bits per heavy atom. The Bertz CT molecular complexity index is 951. The number of ether oxygens (including phenoxy) is 1. The van der Waals surface area contributed by atoms with Crippen LogP contribution in [0.15, 0.2) is 24.3 Å². The van der Waals surface area contributed by atoms with Gasteiger partial charge < -0.3 is 20.7 Å². The number of primary amides is 1. The van der Waals surface area contributed by atoms with Crippen molar-refractivity contribution in [2.45, 2.75) is 26.2 Å². The quantitative estimate of drug-likeness (QED) is 0.289. The minimum atomic E-state index is -1.11. The minimum Gasteiger partial charge on any atom is -0.506 e. The van der Waals surface area contributed by atoms with Crippen molar-refractivity contribution in [3.8, 4) is 11.5 Å². The van der Waals surface area contributed by atoms with Gasteiger partial charge in [-0.05, 0) is 81.8 Å². The van der Waals surface area contributed by atoms with E-state index < -0.39 is 30.0 Å². The lowest BCUT2D eigenvalue weighted by molar-refractivity contribution is -0.139. The standard InChI is InChI=1S/C20H19I2NO6/c1-2-3-4-10-5-6-12(20(23)28)18(27)16(10)17(26)11-7-13(21)19(14(22)8-11)29-9-15(24)25/h5-8,27H,2-4,9H2,1H3,(H2,23,28)(H,24,25). The SMILES string of the molecule is CCCCc1ccc(C(N)=O)c(O)c1C(=O)c1cc(I)c(OCC(=O)O)c(I)c1. The highest BCUT2D eigenvalue weighted by Crippen LogP contribution is 2.33. The van der Waals surface area contributed by atoms with Crippen LogP contribution in [0.25, 0.3) is 0 Å². The highest BCUT2D eigenvalue weighted by Gasteiger charge is 2.24. The molecule has 0 unspecified atom stereocenters. The number of halogens is 2. The van der Waals surface area contributed by atoms with Gasteiger partial charge in [0.1, 0.15) is 11.5 Å². The summed E-state index contributed by atoms with van der Waals surface area (Å²) in [7, 11) is 0. The third-order valence-electron chi connectivity index (χ3n) is 4.16. The van der Waals surface area contributed by atoms with Crippen molar-refractivity contribution in [1.29, 1.82) is 0 Å². The predicted octanol–water partition coefficient (Wildman–Crippen LogP) is 3.74. The van der Waals surface area contributed by atoms with Gasteiger partial charge in [0, 0.05) is 5.56 Å². The third kappa shape index (κ3) is 5.59. The summed E-state index contributed by atoms with van der Waals surface area (Å²) in [4.78, 5) is 35.6. The van der Waals surface area contributed by atoms with E-state index in [0.717, 1.165) is 12.8 Å². The molecule has 0 fully saturated rings. The molecule has 0 saturated heterocycles. The van der Waals surface area contributed by atoms with Gasteiger partial charge in [-0.1, -0.05) is 19.4 Å². The number of hydrogen-bond acceptors (Lipinski definition) is 5. The molecule has 2 rings (SSSR count). The summed E-state index contributed by atoms with van der Waals surface area (Å²) < 4.78 is 6.39. The summed E-state index contributed by atoms with van der Waals surface area (Å²) in [6.07, 6.45) is 2.28. The zero-order valence-corrected chi connectivity index (χ0v) is 19.8. The van der Waals surface area contributed by atoms with E-state index in [1.165, 1.54) is 6.07 Å². The number of carboxylic acid groups (broad SMARTS) is 1. The van der Waals surface area contributed by atoms with Gasteiger partial charge >= 0.3 is 5.97 Å². The largest absolute Gasteiger partial charge is 0.506 e. The fourth-order valence-electron chi connectivity index (χ4n) is 2.77. The van der Waals surface area contributed by atoms with Crippen LogP contribution in [0.1, 0.15) is 51.6 Å². The molecule has 0 atom stereocenters. The Kier molecular flexibility index (Phi) is 8.25. The van der Waals surface area contributed by atoms with Crippen LogP contribution < -0.4 is 10.5 Å². The van der Waals surface area contributed by atoms with Crippen LogP contribution in [0.4, 0.5) is 0 Å². The van der Waals surface area contributed by atoms with Gasteiger partial charge in [-0.2, -0.15) is 0 Å². The van der Waals surface area contributed by atoms with E-state index in [-0.39, 0.29) is 16.7 Å². The van der Waals surface area contributed by atoms with E-state index >= 15 is 0 Å². The van der Waals surface area contributed by atoms with E-state index in [9.17, 15) is 19.5 Å². The number of benzene rings is 2.